The minimum Gasteiger partial charge on any atom is -0.489 e. The van der Waals surface area contributed by atoms with Gasteiger partial charge in [0.2, 0.25) is 0 Å². The second-order valence-electron chi connectivity index (χ2n) is 7.10. The van der Waals surface area contributed by atoms with Gasteiger partial charge in [-0.2, -0.15) is 5.10 Å². The fourth-order valence-electron chi connectivity index (χ4n) is 3.32. The lowest BCUT2D eigenvalue weighted by Crippen LogP contribution is -2.14. The van der Waals surface area contributed by atoms with Crippen LogP contribution in [0.4, 0.5) is 10.1 Å². The first-order valence-corrected chi connectivity index (χ1v) is 9.50. The van der Waals surface area contributed by atoms with E-state index in [1.54, 1.807) is 29.8 Å². The molecular weight excluding hydrogens is 383 g/mol. The van der Waals surface area contributed by atoms with Crippen LogP contribution in [0.25, 0.3) is 11.0 Å². The third-order valence-electron chi connectivity index (χ3n) is 4.82. The number of hydrogen-bond acceptors (Lipinski definition) is 4. The Morgan fingerprint density at radius 1 is 1.10 bits per heavy atom. The van der Waals surface area contributed by atoms with Crippen LogP contribution in [-0.4, -0.2) is 20.7 Å². The van der Waals surface area contributed by atoms with Gasteiger partial charge in [0.15, 0.2) is 5.65 Å². The first-order chi connectivity index (χ1) is 14.4. The van der Waals surface area contributed by atoms with Crippen molar-refractivity contribution in [1.82, 2.24) is 14.8 Å². The Morgan fingerprint density at radius 3 is 2.70 bits per heavy atom. The Bertz CT molecular complexity index is 1250. The van der Waals surface area contributed by atoms with E-state index in [0.717, 1.165) is 22.3 Å². The summed E-state index contributed by atoms with van der Waals surface area (Å²) in [5, 5.41) is 8.13. The predicted molar refractivity (Wildman–Crippen MR) is 113 cm³/mol. The Hall–Kier alpha value is -3.74. The predicted octanol–water partition coefficient (Wildman–Crippen LogP) is 4.56. The van der Waals surface area contributed by atoms with Crippen LogP contribution in [0.3, 0.4) is 0 Å². The Balaban J connectivity index is 1.51. The van der Waals surface area contributed by atoms with Crippen molar-refractivity contribution in [1.29, 1.82) is 0 Å². The van der Waals surface area contributed by atoms with Crippen LogP contribution in [-0.2, 0) is 13.7 Å². The number of pyridine rings is 1. The van der Waals surface area contributed by atoms with E-state index in [2.05, 4.69) is 15.4 Å². The fourth-order valence-corrected chi connectivity index (χ4v) is 3.32. The molecule has 0 saturated carbocycles. The second kappa shape index (κ2) is 7.94. The van der Waals surface area contributed by atoms with Crippen molar-refractivity contribution in [2.24, 2.45) is 7.05 Å². The maximum atomic E-state index is 13.3. The second-order valence-corrected chi connectivity index (χ2v) is 7.10. The number of anilines is 1. The Labute approximate surface area is 173 Å². The summed E-state index contributed by atoms with van der Waals surface area (Å²) in [6.45, 7) is 3.96. The summed E-state index contributed by atoms with van der Waals surface area (Å²) in [5.41, 5.74) is 4.20. The summed E-state index contributed by atoms with van der Waals surface area (Å²) >= 11 is 0. The van der Waals surface area contributed by atoms with E-state index in [9.17, 15) is 9.18 Å². The summed E-state index contributed by atoms with van der Waals surface area (Å²) < 4.78 is 20.6. The summed E-state index contributed by atoms with van der Waals surface area (Å²) in [4.78, 5) is 17.4. The molecule has 1 N–H and O–H groups in total. The van der Waals surface area contributed by atoms with E-state index < -0.39 is 0 Å². The first kappa shape index (κ1) is 19.6. The highest BCUT2D eigenvalue weighted by atomic mass is 19.1. The third kappa shape index (κ3) is 4.00. The zero-order valence-electron chi connectivity index (χ0n) is 16.9. The molecule has 0 aliphatic heterocycles. The van der Waals surface area contributed by atoms with Crippen LogP contribution < -0.4 is 10.1 Å². The fraction of sp³-hybridized carbons (Fsp3) is 0.174. The maximum absolute atomic E-state index is 13.3. The van der Waals surface area contributed by atoms with Gasteiger partial charge in [-0.05, 0) is 49.7 Å². The molecule has 2 aromatic carbocycles. The lowest BCUT2D eigenvalue weighted by atomic mass is 10.1. The van der Waals surface area contributed by atoms with Crippen molar-refractivity contribution in [3.63, 3.8) is 0 Å². The molecular formula is C23H21FN4O2. The molecule has 0 saturated heterocycles. The minimum atomic E-state index is -0.349. The van der Waals surface area contributed by atoms with Crippen molar-refractivity contribution in [3.8, 4) is 5.75 Å². The molecule has 0 spiro atoms. The number of halogens is 1. The Kier molecular flexibility index (Phi) is 5.18. The molecule has 152 valence electrons. The van der Waals surface area contributed by atoms with Gasteiger partial charge in [0.05, 0.1) is 17.0 Å². The van der Waals surface area contributed by atoms with Gasteiger partial charge < -0.3 is 10.1 Å². The average molecular weight is 404 g/mol. The topological polar surface area (TPSA) is 69.0 Å². The largest absolute Gasteiger partial charge is 0.489 e. The minimum absolute atomic E-state index is 0.242. The van der Waals surface area contributed by atoms with Crippen molar-refractivity contribution in [2.45, 2.75) is 20.5 Å². The molecule has 0 fully saturated rings. The van der Waals surface area contributed by atoms with E-state index >= 15 is 0 Å². The highest BCUT2D eigenvalue weighted by Crippen LogP contribution is 2.21. The zero-order valence-corrected chi connectivity index (χ0v) is 16.9. The lowest BCUT2D eigenvalue weighted by molar-refractivity contribution is 0.102. The van der Waals surface area contributed by atoms with Gasteiger partial charge in [-0.15, -0.1) is 0 Å². The molecule has 6 nitrogen and oxygen atoms in total. The normalized spacial score (nSPS) is 10.9. The molecule has 0 atom stereocenters. The van der Waals surface area contributed by atoms with Crippen molar-refractivity contribution in [3.05, 3.63) is 82.9 Å². The quantitative estimate of drug-likeness (QED) is 0.530. The molecule has 2 aromatic heterocycles. The van der Waals surface area contributed by atoms with Crippen LogP contribution in [0.5, 0.6) is 5.75 Å². The van der Waals surface area contributed by atoms with Crippen LogP contribution in [0.1, 0.15) is 27.3 Å². The van der Waals surface area contributed by atoms with Gasteiger partial charge in [0.1, 0.15) is 18.2 Å². The van der Waals surface area contributed by atoms with Gasteiger partial charge in [0, 0.05) is 24.2 Å². The van der Waals surface area contributed by atoms with Crippen LogP contribution in [0.2, 0.25) is 0 Å². The number of rotatable bonds is 5. The molecule has 4 rings (SSSR count). The number of carbonyl (C=O) groups excluding carboxylic acids is 1. The SMILES string of the molecule is Cc1nc2c(cc1C(=O)Nc1cccc(COc3cccc(F)c3)c1)c(C)nn2C. The van der Waals surface area contributed by atoms with Gasteiger partial charge in [0.25, 0.3) is 5.91 Å². The average Bonchev–Trinajstić information content (AvgIpc) is 2.99. The van der Waals surface area contributed by atoms with Gasteiger partial charge >= 0.3 is 0 Å². The molecule has 30 heavy (non-hydrogen) atoms. The van der Waals surface area contributed by atoms with Gasteiger partial charge in [-0.25, -0.2) is 9.37 Å². The summed E-state index contributed by atoms with van der Waals surface area (Å²) in [5.74, 6) is -0.141. The zero-order chi connectivity index (χ0) is 21.3. The van der Waals surface area contributed by atoms with Gasteiger partial charge in [-0.3, -0.25) is 9.48 Å². The molecule has 0 unspecified atom stereocenters. The number of nitrogens with one attached hydrogen (secondary N) is 1. The number of carbonyl (C=O) groups is 1. The highest BCUT2D eigenvalue weighted by molar-refractivity contribution is 6.06. The van der Waals surface area contributed by atoms with Crippen molar-refractivity contribution >= 4 is 22.6 Å². The summed E-state index contributed by atoms with van der Waals surface area (Å²) in [6, 6.07) is 15.2. The highest BCUT2D eigenvalue weighted by Gasteiger charge is 2.15. The van der Waals surface area contributed by atoms with Crippen molar-refractivity contribution in [2.75, 3.05) is 5.32 Å². The smallest absolute Gasteiger partial charge is 0.257 e. The molecule has 0 radical (unpaired) electrons. The molecule has 4 aromatic rings. The number of ether oxygens (including phenoxy) is 1. The molecule has 1 amide bonds. The van der Waals surface area contributed by atoms with E-state index in [1.165, 1.54) is 12.1 Å². The first-order valence-electron chi connectivity index (χ1n) is 9.50. The van der Waals surface area contributed by atoms with E-state index in [0.29, 0.717) is 22.7 Å². The third-order valence-corrected chi connectivity index (χ3v) is 4.82. The number of nitrogens with zero attached hydrogens (tertiary/aromatic N) is 3. The number of benzene rings is 2. The van der Waals surface area contributed by atoms with E-state index in [-0.39, 0.29) is 18.3 Å². The maximum Gasteiger partial charge on any atom is 0.257 e. The number of aromatic nitrogens is 3. The standard InChI is InChI=1S/C23H21FN4O2/c1-14-21(12-20-15(2)27-28(3)22(20)25-14)23(29)26-18-8-4-6-16(10-18)13-30-19-9-5-7-17(24)11-19/h4-12H,13H2,1-3H3,(H,26,29). The monoisotopic (exact) mass is 404 g/mol. The Morgan fingerprint density at radius 2 is 1.90 bits per heavy atom. The number of fused-ring (bicyclic) bond motifs is 1. The number of amides is 1. The lowest BCUT2D eigenvalue weighted by Gasteiger charge is -2.10. The molecule has 2 heterocycles. The summed E-state index contributed by atoms with van der Waals surface area (Å²) in [6.07, 6.45) is 0. The van der Waals surface area contributed by atoms with Crippen LogP contribution in [0.15, 0.2) is 54.6 Å². The summed E-state index contributed by atoms with van der Waals surface area (Å²) in [7, 11) is 1.83. The molecule has 0 aliphatic rings. The molecule has 0 bridgehead atoms. The molecule has 0 aliphatic carbocycles. The van der Waals surface area contributed by atoms with E-state index in [1.807, 2.05) is 38.2 Å². The number of hydrogen-bond donors (Lipinski definition) is 1. The van der Waals surface area contributed by atoms with Crippen LogP contribution >= 0.6 is 0 Å². The van der Waals surface area contributed by atoms with Crippen molar-refractivity contribution < 1.29 is 13.9 Å². The van der Waals surface area contributed by atoms with E-state index in [4.69, 9.17) is 4.74 Å². The molecule has 7 heteroatoms. The number of aryl methyl sites for hydroxylation is 3. The van der Waals surface area contributed by atoms with Gasteiger partial charge in [-0.1, -0.05) is 18.2 Å². The van der Waals surface area contributed by atoms with Crippen LogP contribution in [0, 0.1) is 19.7 Å².